The highest BCUT2D eigenvalue weighted by Gasteiger charge is 2.22. The number of nitrogens with one attached hydrogen (secondary N) is 2. The van der Waals surface area contributed by atoms with Gasteiger partial charge < -0.3 is 14.8 Å². The zero-order chi connectivity index (χ0) is 15.8. The van der Waals surface area contributed by atoms with Crippen LogP contribution in [0.5, 0.6) is 11.5 Å². The summed E-state index contributed by atoms with van der Waals surface area (Å²) in [5, 5.41) is 6.09. The van der Waals surface area contributed by atoms with Crippen LogP contribution in [0.2, 0.25) is 0 Å². The van der Waals surface area contributed by atoms with E-state index in [1.54, 1.807) is 11.8 Å². The predicted molar refractivity (Wildman–Crippen MR) is 98.1 cm³/mol. The van der Waals surface area contributed by atoms with E-state index in [4.69, 9.17) is 9.47 Å². The summed E-state index contributed by atoms with van der Waals surface area (Å²) in [5.41, 5.74) is 0.735. The lowest BCUT2D eigenvalue weighted by molar-refractivity contribution is -0.117. The number of carbonyl (C=O) groups is 1. The third-order valence-corrected chi connectivity index (χ3v) is 4.11. The molecule has 0 saturated carbocycles. The zero-order valence-electron chi connectivity index (χ0n) is 13.6. The molecule has 1 atom stereocenters. The van der Waals surface area contributed by atoms with Crippen molar-refractivity contribution in [3.8, 4) is 11.5 Å². The number of hydrogen-bond acceptors (Lipinski definition) is 5. The summed E-state index contributed by atoms with van der Waals surface area (Å²) in [6.45, 7) is 5.40. The molecule has 7 heteroatoms. The van der Waals surface area contributed by atoms with Gasteiger partial charge in [0.05, 0.1) is 19.3 Å². The highest BCUT2D eigenvalue weighted by Crippen LogP contribution is 2.31. The molecule has 0 aliphatic carbocycles. The van der Waals surface area contributed by atoms with E-state index >= 15 is 0 Å². The maximum absolute atomic E-state index is 12.1. The van der Waals surface area contributed by atoms with Crippen molar-refractivity contribution in [3.05, 3.63) is 18.2 Å². The molecule has 23 heavy (non-hydrogen) atoms. The third-order valence-electron chi connectivity index (χ3n) is 3.17. The van der Waals surface area contributed by atoms with Gasteiger partial charge in [-0.3, -0.25) is 10.1 Å². The summed E-state index contributed by atoms with van der Waals surface area (Å²) >= 11 is 1.73. The summed E-state index contributed by atoms with van der Waals surface area (Å²) < 4.78 is 11.4. The standard InChI is InChI=1S/C16H24N2O3S.ClH/c1-3-7-20-14-6-5-12(9-15(14)21-8-4-2)18-16(19)13-10-22-11-17-13;/h5-6,9,13,17H,3-4,7-8,10-11H2,1-2H3,(H,18,19);1H. The van der Waals surface area contributed by atoms with Crippen molar-refractivity contribution < 1.29 is 14.3 Å². The van der Waals surface area contributed by atoms with Crippen molar-refractivity contribution >= 4 is 35.8 Å². The smallest absolute Gasteiger partial charge is 0.242 e. The van der Waals surface area contributed by atoms with Gasteiger partial charge in [0.2, 0.25) is 5.91 Å². The lowest BCUT2D eigenvalue weighted by atomic mass is 10.2. The quantitative estimate of drug-likeness (QED) is 0.745. The van der Waals surface area contributed by atoms with Gasteiger partial charge in [0, 0.05) is 23.4 Å². The fraction of sp³-hybridized carbons (Fsp3) is 0.562. The van der Waals surface area contributed by atoms with Crippen LogP contribution in [0, 0.1) is 0 Å². The molecule has 1 aromatic carbocycles. The fourth-order valence-corrected chi connectivity index (χ4v) is 2.98. The molecular weight excluding hydrogens is 336 g/mol. The molecule has 0 spiro atoms. The summed E-state index contributed by atoms with van der Waals surface area (Å²) in [4.78, 5) is 12.1. The number of halogens is 1. The maximum Gasteiger partial charge on any atom is 0.242 e. The van der Waals surface area contributed by atoms with E-state index in [-0.39, 0.29) is 24.4 Å². The monoisotopic (exact) mass is 360 g/mol. The number of ether oxygens (including phenoxy) is 2. The average molecular weight is 361 g/mol. The van der Waals surface area contributed by atoms with Gasteiger partial charge in [-0.25, -0.2) is 0 Å². The minimum Gasteiger partial charge on any atom is -0.490 e. The molecule has 0 bridgehead atoms. The normalized spacial score (nSPS) is 16.5. The summed E-state index contributed by atoms with van der Waals surface area (Å²) in [5.74, 6) is 3.04. The molecule has 2 N–H and O–H groups in total. The molecule has 2 rings (SSSR count). The van der Waals surface area contributed by atoms with Gasteiger partial charge in [0.25, 0.3) is 0 Å². The number of hydrogen-bond donors (Lipinski definition) is 2. The van der Waals surface area contributed by atoms with E-state index in [2.05, 4.69) is 24.5 Å². The molecule has 1 heterocycles. The Kier molecular flexibility index (Phi) is 9.21. The first-order chi connectivity index (χ1) is 10.7. The third kappa shape index (κ3) is 6.12. The molecule has 5 nitrogen and oxygen atoms in total. The highest BCUT2D eigenvalue weighted by atomic mass is 35.5. The minimum absolute atomic E-state index is 0. The predicted octanol–water partition coefficient (Wildman–Crippen LogP) is 3.29. The van der Waals surface area contributed by atoms with Crippen LogP contribution in [0.4, 0.5) is 5.69 Å². The van der Waals surface area contributed by atoms with Crippen molar-refractivity contribution in [2.75, 3.05) is 30.2 Å². The Balaban J connectivity index is 0.00000264. The van der Waals surface area contributed by atoms with E-state index in [9.17, 15) is 4.79 Å². The van der Waals surface area contributed by atoms with Crippen molar-refractivity contribution in [2.45, 2.75) is 32.7 Å². The van der Waals surface area contributed by atoms with Gasteiger partial charge >= 0.3 is 0 Å². The number of benzene rings is 1. The van der Waals surface area contributed by atoms with Crippen molar-refractivity contribution in [2.24, 2.45) is 0 Å². The number of carbonyl (C=O) groups excluding carboxylic acids is 1. The Bertz CT molecular complexity index is 496. The van der Waals surface area contributed by atoms with Gasteiger partial charge in [0.15, 0.2) is 11.5 Å². The first-order valence-corrected chi connectivity index (χ1v) is 8.91. The topological polar surface area (TPSA) is 59.6 Å². The molecule has 1 saturated heterocycles. The summed E-state index contributed by atoms with van der Waals surface area (Å²) in [7, 11) is 0. The van der Waals surface area contributed by atoms with E-state index in [0.717, 1.165) is 35.9 Å². The zero-order valence-corrected chi connectivity index (χ0v) is 15.2. The Morgan fingerprint density at radius 1 is 1.26 bits per heavy atom. The number of rotatable bonds is 8. The fourth-order valence-electron chi connectivity index (χ4n) is 2.03. The van der Waals surface area contributed by atoms with Crippen LogP contribution < -0.4 is 20.1 Å². The molecule has 1 fully saturated rings. The van der Waals surface area contributed by atoms with Crippen molar-refractivity contribution in [1.29, 1.82) is 0 Å². The minimum atomic E-state index is -0.124. The Hall–Kier alpha value is -1.11. The molecule has 1 aromatic rings. The van der Waals surface area contributed by atoms with Gasteiger partial charge in [-0.15, -0.1) is 24.2 Å². The Labute approximate surface area is 148 Å². The van der Waals surface area contributed by atoms with Gasteiger partial charge in [-0.1, -0.05) is 13.8 Å². The molecule has 1 amide bonds. The second-order valence-electron chi connectivity index (χ2n) is 5.12. The first kappa shape index (κ1) is 19.9. The van der Waals surface area contributed by atoms with Crippen LogP contribution in [0.3, 0.4) is 0 Å². The van der Waals surface area contributed by atoms with Crippen molar-refractivity contribution in [1.82, 2.24) is 5.32 Å². The van der Waals surface area contributed by atoms with Crippen LogP contribution in [0.25, 0.3) is 0 Å². The van der Waals surface area contributed by atoms with Gasteiger partial charge in [-0.05, 0) is 25.0 Å². The van der Waals surface area contributed by atoms with E-state index in [1.807, 2.05) is 18.2 Å². The van der Waals surface area contributed by atoms with E-state index in [0.29, 0.717) is 19.0 Å². The van der Waals surface area contributed by atoms with E-state index < -0.39 is 0 Å². The molecule has 0 aromatic heterocycles. The van der Waals surface area contributed by atoms with Crippen LogP contribution in [-0.2, 0) is 4.79 Å². The molecule has 1 aliphatic rings. The highest BCUT2D eigenvalue weighted by molar-refractivity contribution is 7.99. The number of thioether (sulfide) groups is 1. The van der Waals surface area contributed by atoms with Crippen LogP contribution in [0.1, 0.15) is 26.7 Å². The number of anilines is 1. The average Bonchev–Trinajstić information content (AvgIpc) is 3.06. The van der Waals surface area contributed by atoms with E-state index in [1.165, 1.54) is 0 Å². The second-order valence-corrected chi connectivity index (χ2v) is 6.15. The SMILES string of the molecule is CCCOc1ccc(NC(=O)C2CSCN2)cc1OCCC.Cl. The molecule has 1 unspecified atom stereocenters. The molecule has 1 aliphatic heterocycles. The first-order valence-electron chi connectivity index (χ1n) is 7.76. The lowest BCUT2D eigenvalue weighted by Gasteiger charge is -2.15. The Morgan fingerprint density at radius 3 is 2.57 bits per heavy atom. The van der Waals surface area contributed by atoms with Crippen LogP contribution in [-0.4, -0.2) is 36.8 Å². The Morgan fingerprint density at radius 2 is 1.96 bits per heavy atom. The van der Waals surface area contributed by atoms with Crippen molar-refractivity contribution in [3.63, 3.8) is 0 Å². The lowest BCUT2D eigenvalue weighted by Crippen LogP contribution is -2.37. The van der Waals surface area contributed by atoms with Crippen LogP contribution in [0.15, 0.2) is 18.2 Å². The van der Waals surface area contributed by atoms with Gasteiger partial charge in [-0.2, -0.15) is 0 Å². The summed E-state index contributed by atoms with van der Waals surface area (Å²) in [6, 6.07) is 5.42. The molecular formula is C16H25ClN2O3S. The molecule has 130 valence electrons. The molecule has 0 radical (unpaired) electrons. The summed E-state index contributed by atoms with van der Waals surface area (Å²) in [6.07, 6.45) is 1.86. The number of amides is 1. The van der Waals surface area contributed by atoms with Gasteiger partial charge in [0.1, 0.15) is 0 Å². The largest absolute Gasteiger partial charge is 0.490 e. The maximum atomic E-state index is 12.1. The second kappa shape index (κ2) is 10.6. The van der Waals surface area contributed by atoms with Crippen LogP contribution >= 0.6 is 24.2 Å².